The molecule has 94 valence electrons. The molecule has 0 aliphatic heterocycles. The number of fused-ring (bicyclic) bond motifs is 1. The van der Waals surface area contributed by atoms with Crippen LogP contribution in [0.2, 0.25) is 0 Å². The Morgan fingerprint density at radius 3 is 2.61 bits per heavy atom. The Hall–Kier alpha value is -1.94. The van der Waals surface area contributed by atoms with E-state index >= 15 is 0 Å². The van der Waals surface area contributed by atoms with Gasteiger partial charge >= 0.3 is 0 Å². The summed E-state index contributed by atoms with van der Waals surface area (Å²) in [5.41, 5.74) is 5.93. The van der Waals surface area contributed by atoms with E-state index in [1.807, 2.05) is 6.92 Å². The second kappa shape index (κ2) is 5.14. The van der Waals surface area contributed by atoms with E-state index in [1.165, 1.54) is 12.1 Å². The molecular formula is C14H15FN2O. The third kappa shape index (κ3) is 2.33. The van der Waals surface area contributed by atoms with Crippen LogP contribution in [0.25, 0.3) is 10.8 Å². The van der Waals surface area contributed by atoms with Crippen LogP contribution in [0.15, 0.2) is 36.4 Å². The smallest absolute Gasteiger partial charge is 0.252 e. The van der Waals surface area contributed by atoms with Crippen molar-refractivity contribution in [2.24, 2.45) is 5.73 Å². The summed E-state index contributed by atoms with van der Waals surface area (Å²) in [6, 6.07) is 9.62. The molecule has 1 amide bonds. The maximum atomic E-state index is 13.6. The molecular weight excluding hydrogens is 231 g/mol. The average Bonchev–Trinajstić information content (AvgIpc) is 2.39. The molecule has 0 heterocycles. The van der Waals surface area contributed by atoms with Gasteiger partial charge in [-0.1, -0.05) is 24.3 Å². The lowest BCUT2D eigenvalue weighted by Crippen LogP contribution is -2.37. The minimum absolute atomic E-state index is 0.110. The highest BCUT2D eigenvalue weighted by atomic mass is 19.1. The summed E-state index contributed by atoms with van der Waals surface area (Å²) in [6.45, 7) is 2.19. The summed E-state index contributed by atoms with van der Waals surface area (Å²) in [4.78, 5) is 12.1. The molecule has 2 rings (SSSR count). The minimum Gasteiger partial charge on any atom is -0.348 e. The van der Waals surface area contributed by atoms with Crippen LogP contribution in [-0.4, -0.2) is 18.5 Å². The summed E-state index contributed by atoms with van der Waals surface area (Å²) in [6.07, 6.45) is 0. The van der Waals surface area contributed by atoms with Crippen molar-refractivity contribution in [3.8, 4) is 0 Å². The molecule has 3 N–H and O–H groups in total. The number of nitrogens with one attached hydrogen (secondary N) is 1. The largest absolute Gasteiger partial charge is 0.348 e. The van der Waals surface area contributed by atoms with Gasteiger partial charge in [-0.05, 0) is 24.4 Å². The van der Waals surface area contributed by atoms with Crippen LogP contribution in [0.4, 0.5) is 4.39 Å². The lowest BCUT2D eigenvalue weighted by atomic mass is 10.0. The summed E-state index contributed by atoms with van der Waals surface area (Å²) < 4.78 is 13.6. The van der Waals surface area contributed by atoms with Crippen molar-refractivity contribution in [2.45, 2.75) is 13.0 Å². The first kappa shape index (κ1) is 12.5. The maximum Gasteiger partial charge on any atom is 0.252 e. The summed E-state index contributed by atoms with van der Waals surface area (Å²) >= 11 is 0. The quantitative estimate of drug-likeness (QED) is 0.871. The van der Waals surface area contributed by atoms with E-state index in [2.05, 4.69) is 5.32 Å². The van der Waals surface area contributed by atoms with Crippen LogP contribution in [0, 0.1) is 5.82 Å². The number of halogens is 1. The van der Waals surface area contributed by atoms with E-state index in [1.54, 1.807) is 24.3 Å². The van der Waals surface area contributed by atoms with Crippen molar-refractivity contribution in [3.05, 3.63) is 47.8 Å². The average molecular weight is 246 g/mol. The fourth-order valence-corrected chi connectivity index (χ4v) is 1.82. The topological polar surface area (TPSA) is 55.1 Å². The van der Waals surface area contributed by atoms with Crippen molar-refractivity contribution in [1.82, 2.24) is 5.32 Å². The summed E-state index contributed by atoms with van der Waals surface area (Å²) in [5, 5.41) is 3.83. The molecule has 0 spiro atoms. The highest BCUT2D eigenvalue weighted by molar-refractivity contribution is 6.07. The van der Waals surface area contributed by atoms with Crippen molar-refractivity contribution in [1.29, 1.82) is 0 Å². The van der Waals surface area contributed by atoms with Gasteiger partial charge in [0.15, 0.2) is 0 Å². The van der Waals surface area contributed by atoms with Crippen LogP contribution in [0.3, 0.4) is 0 Å². The van der Waals surface area contributed by atoms with E-state index in [0.717, 1.165) is 0 Å². The number of hydrogen-bond acceptors (Lipinski definition) is 2. The zero-order valence-electron chi connectivity index (χ0n) is 10.1. The van der Waals surface area contributed by atoms with Crippen LogP contribution in [-0.2, 0) is 0 Å². The second-order valence-corrected chi connectivity index (χ2v) is 4.25. The van der Waals surface area contributed by atoms with Crippen molar-refractivity contribution in [3.63, 3.8) is 0 Å². The molecule has 4 heteroatoms. The normalized spacial score (nSPS) is 12.4. The predicted octanol–water partition coefficient (Wildman–Crippen LogP) is 2.06. The maximum absolute atomic E-state index is 13.6. The molecule has 0 aliphatic carbocycles. The van der Waals surface area contributed by atoms with Gasteiger partial charge in [0.1, 0.15) is 5.82 Å². The first-order valence-electron chi connectivity index (χ1n) is 5.81. The van der Waals surface area contributed by atoms with Gasteiger partial charge in [-0.15, -0.1) is 0 Å². The molecule has 0 aliphatic rings. The summed E-state index contributed by atoms with van der Waals surface area (Å²) in [7, 11) is 0. The van der Waals surface area contributed by atoms with E-state index in [4.69, 9.17) is 5.73 Å². The molecule has 0 radical (unpaired) electrons. The number of amides is 1. The van der Waals surface area contributed by atoms with Crippen LogP contribution < -0.4 is 11.1 Å². The minimum atomic E-state index is -0.325. The van der Waals surface area contributed by atoms with Gasteiger partial charge < -0.3 is 11.1 Å². The fraction of sp³-hybridized carbons (Fsp3) is 0.214. The molecule has 3 nitrogen and oxygen atoms in total. The third-order valence-corrected chi connectivity index (χ3v) is 2.85. The Kier molecular flexibility index (Phi) is 3.58. The Balaban J connectivity index is 2.45. The summed E-state index contributed by atoms with van der Waals surface area (Å²) in [5.74, 6) is -0.557. The standard InChI is InChI=1S/C14H15FN2O/c1-9(8-16)17-14(18)12-6-7-13(15)11-5-3-2-4-10(11)12/h2-7,9H,8,16H2,1H3,(H,17,18). The van der Waals surface area contributed by atoms with Gasteiger partial charge in [0.25, 0.3) is 5.91 Å². The monoisotopic (exact) mass is 246 g/mol. The first-order chi connectivity index (χ1) is 8.63. The highest BCUT2D eigenvalue weighted by Crippen LogP contribution is 2.21. The molecule has 0 saturated heterocycles. The number of nitrogens with two attached hydrogens (primary N) is 1. The molecule has 1 unspecified atom stereocenters. The van der Waals surface area contributed by atoms with E-state index in [9.17, 15) is 9.18 Å². The number of carbonyl (C=O) groups excluding carboxylic acids is 1. The Morgan fingerprint density at radius 2 is 1.94 bits per heavy atom. The molecule has 2 aromatic rings. The van der Waals surface area contributed by atoms with Gasteiger partial charge in [-0.2, -0.15) is 0 Å². The van der Waals surface area contributed by atoms with Gasteiger partial charge in [0.2, 0.25) is 0 Å². The molecule has 0 bridgehead atoms. The number of benzene rings is 2. The molecule has 18 heavy (non-hydrogen) atoms. The second-order valence-electron chi connectivity index (χ2n) is 4.25. The van der Waals surface area contributed by atoms with Gasteiger partial charge in [0, 0.05) is 23.5 Å². The van der Waals surface area contributed by atoms with Crippen molar-refractivity contribution >= 4 is 16.7 Å². The molecule has 0 aromatic heterocycles. The molecule has 1 atom stereocenters. The van der Waals surface area contributed by atoms with Crippen LogP contribution in [0.5, 0.6) is 0 Å². The van der Waals surface area contributed by atoms with Gasteiger partial charge in [-0.3, -0.25) is 4.79 Å². The molecule has 0 saturated carbocycles. The van der Waals surface area contributed by atoms with Crippen molar-refractivity contribution in [2.75, 3.05) is 6.54 Å². The highest BCUT2D eigenvalue weighted by Gasteiger charge is 2.13. The zero-order chi connectivity index (χ0) is 13.1. The van der Waals surface area contributed by atoms with Crippen LogP contribution >= 0.6 is 0 Å². The van der Waals surface area contributed by atoms with Gasteiger partial charge in [-0.25, -0.2) is 4.39 Å². The van der Waals surface area contributed by atoms with Gasteiger partial charge in [0.05, 0.1) is 0 Å². The number of carbonyl (C=O) groups is 1. The Morgan fingerprint density at radius 1 is 1.28 bits per heavy atom. The Labute approximate surface area is 105 Å². The lowest BCUT2D eigenvalue weighted by molar-refractivity contribution is 0.0943. The predicted molar refractivity (Wildman–Crippen MR) is 69.9 cm³/mol. The number of rotatable bonds is 3. The molecule has 0 fully saturated rings. The SMILES string of the molecule is CC(CN)NC(=O)c1ccc(F)c2ccccc12. The first-order valence-corrected chi connectivity index (χ1v) is 5.81. The van der Waals surface area contributed by atoms with Crippen LogP contribution in [0.1, 0.15) is 17.3 Å². The lowest BCUT2D eigenvalue weighted by Gasteiger charge is -2.13. The van der Waals surface area contributed by atoms with E-state index in [0.29, 0.717) is 22.9 Å². The molecule has 2 aromatic carbocycles. The third-order valence-electron chi connectivity index (χ3n) is 2.85. The van der Waals surface area contributed by atoms with Crippen molar-refractivity contribution < 1.29 is 9.18 Å². The van der Waals surface area contributed by atoms with E-state index < -0.39 is 0 Å². The zero-order valence-corrected chi connectivity index (χ0v) is 10.1. The van der Waals surface area contributed by atoms with E-state index in [-0.39, 0.29) is 17.8 Å². The Bertz CT molecular complexity index is 583. The fourth-order valence-electron chi connectivity index (χ4n) is 1.82. The number of hydrogen-bond donors (Lipinski definition) is 2.